The minimum absolute atomic E-state index is 0.233. The molecule has 0 fully saturated rings. The number of carbonyl (C=O) groups is 2. The molecule has 1 heterocycles. The lowest BCUT2D eigenvalue weighted by Gasteiger charge is -2.19. The lowest BCUT2D eigenvalue weighted by atomic mass is 10.0. The van der Waals surface area contributed by atoms with Crippen molar-refractivity contribution < 1.29 is 27.5 Å². The van der Waals surface area contributed by atoms with Gasteiger partial charge >= 0.3 is 12.1 Å². The Kier molecular flexibility index (Phi) is 7.63. The van der Waals surface area contributed by atoms with E-state index in [-0.39, 0.29) is 5.13 Å². The summed E-state index contributed by atoms with van der Waals surface area (Å²) in [7, 11) is 1.44. The fourth-order valence-corrected chi connectivity index (χ4v) is 3.79. The highest BCUT2D eigenvalue weighted by Crippen LogP contribution is 2.27. The number of thioether (sulfide) groups is 1. The summed E-state index contributed by atoms with van der Waals surface area (Å²) in [6, 6.07) is 4.83. The van der Waals surface area contributed by atoms with Crippen LogP contribution < -0.4 is 15.4 Å². The van der Waals surface area contributed by atoms with Crippen LogP contribution in [0.15, 0.2) is 28.6 Å². The van der Waals surface area contributed by atoms with Gasteiger partial charge in [-0.3, -0.25) is 9.59 Å². The average molecular weight is 434 g/mol. The number of hydrogen-bond donors (Lipinski definition) is 2. The van der Waals surface area contributed by atoms with Crippen LogP contribution in [-0.4, -0.2) is 41.1 Å². The molecule has 0 aliphatic heterocycles. The molecule has 0 saturated heterocycles. The highest BCUT2D eigenvalue weighted by molar-refractivity contribution is 8.01. The van der Waals surface area contributed by atoms with Crippen LogP contribution in [0.1, 0.15) is 24.9 Å². The molecule has 0 spiro atoms. The Morgan fingerprint density at radius 2 is 1.93 bits per heavy atom. The van der Waals surface area contributed by atoms with E-state index in [4.69, 9.17) is 4.74 Å². The monoisotopic (exact) mass is 434 g/mol. The van der Waals surface area contributed by atoms with E-state index in [0.29, 0.717) is 15.7 Å². The van der Waals surface area contributed by atoms with Gasteiger partial charge in [0, 0.05) is 0 Å². The van der Waals surface area contributed by atoms with Crippen molar-refractivity contribution in [3.63, 3.8) is 0 Å². The normalized spacial score (nSPS) is 12.3. The number of rotatable bonds is 8. The zero-order chi connectivity index (χ0) is 20.7. The Morgan fingerprint density at radius 1 is 1.25 bits per heavy atom. The molecule has 2 N–H and O–H groups in total. The van der Waals surface area contributed by atoms with Gasteiger partial charge in [0.1, 0.15) is 5.75 Å². The smallest absolute Gasteiger partial charge is 0.471 e. The van der Waals surface area contributed by atoms with Gasteiger partial charge in [-0.1, -0.05) is 42.2 Å². The Bertz CT molecular complexity index is 812. The van der Waals surface area contributed by atoms with Gasteiger partial charge in [0.25, 0.3) is 0 Å². The second-order valence-corrected chi connectivity index (χ2v) is 7.84. The van der Waals surface area contributed by atoms with Crippen molar-refractivity contribution in [3.05, 3.63) is 29.8 Å². The van der Waals surface area contributed by atoms with E-state index < -0.39 is 30.5 Å². The van der Waals surface area contributed by atoms with E-state index in [1.165, 1.54) is 43.1 Å². The van der Waals surface area contributed by atoms with Crippen LogP contribution in [0.5, 0.6) is 5.75 Å². The van der Waals surface area contributed by atoms with Gasteiger partial charge in [-0.25, -0.2) is 0 Å². The van der Waals surface area contributed by atoms with E-state index >= 15 is 0 Å². The highest BCUT2D eigenvalue weighted by atomic mass is 32.2. The molecular formula is C16H17F3N4O3S2. The van der Waals surface area contributed by atoms with Crippen molar-refractivity contribution in [2.45, 2.75) is 29.9 Å². The summed E-state index contributed by atoms with van der Waals surface area (Å²) < 4.78 is 43.6. The number of aromatic nitrogens is 2. The number of alkyl halides is 3. The first-order valence-corrected chi connectivity index (χ1v) is 9.81. The second kappa shape index (κ2) is 9.73. The molecule has 0 aliphatic rings. The Balaban J connectivity index is 2.12. The first-order valence-electron chi connectivity index (χ1n) is 8.00. The molecule has 0 aliphatic carbocycles. The zero-order valence-electron chi connectivity index (χ0n) is 14.9. The molecule has 1 atom stereocenters. The summed E-state index contributed by atoms with van der Waals surface area (Å²) in [6.07, 6.45) is -5.48. The molecule has 7 nitrogen and oxygen atoms in total. The summed E-state index contributed by atoms with van der Waals surface area (Å²) >= 11 is 2.61. The van der Waals surface area contributed by atoms with E-state index in [9.17, 15) is 22.8 Å². The van der Waals surface area contributed by atoms with Gasteiger partial charge in [-0.05, 0) is 23.4 Å². The SMILES string of the molecule is CCSc1nnc(NC(=O)C[C@H](NC(=O)C(F)(F)F)c2ccc(OC)cc2)s1. The number of methoxy groups -OCH3 is 1. The lowest BCUT2D eigenvalue weighted by molar-refractivity contribution is -0.174. The molecule has 2 amide bonds. The minimum Gasteiger partial charge on any atom is -0.497 e. The Labute approximate surface area is 167 Å². The molecule has 12 heteroatoms. The summed E-state index contributed by atoms with van der Waals surface area (Å²) in [6.45, 7) is 1.94. The Morgan fingerprint density at radius 3 is 2.50 bits per heavy atom. The van der Waals surface area contributed by atoms with Gasteiger partial charge in [-0.15, -0.1) is 10.2 Å². The first kappa shape index (κ1) is 22.0. The largest absolute Gasteiger partial charge is 0.497 e. The predicted octanol–water partition coefficient (Wildman–Crippen LogP) is 3.41. The maximum absolute atomic E-state index is 12.7. The van der Waals surface area contributed by atoms with Gasteiger partial charge in [-0.2, -0.15) is 13.2 Å². The standard InChI is InChI=1S/C16H17F3N4O3S2/c1-3-27-15-23-22-14(28-15)21-12(24)8-11(20-13(25)16(17,18)19)9-4-6-10(26-2)7-5-9/h4-7,11H,3,8H2,1-2H3,(H,20,25)(H,21,22,24)/t11-/m0/s1. The summed E-state index contributed by atoms with van der Waals surface area (Å²) in [4.78, 5) is 23.7. The quantitative estimate of drug-likeness (QED) is 0.489. The van der Waals surface area contributed by atoms with Crippen molar-refractivity contribution in [3.8, 4) is 5.75 Å². The molecule has 0 bridgehead atoms. The lowest BCUT2D eigenvalue weighted by Crippen LogP contribution is -2.40. The molecule has 152 valence electrons. The van der Waals surface area contributed by atoms with Crippen molar-refractivity contribution in [2.24, 2.45) is 0 Å². The fraction of sp³-hybridized carbons (Fsp3) is 0.375. The third kappa shape index (κ3) is 6.37. The van der Waals surface area contributed by atoms with Crippen LogP contribution in [0.2, 0.25) is 0 Å². The maximum Gasteiger partial charge on any atom is 0.471 e. The van der Waals surface area contributed by atoms with Crippen LogP contribution >= 0.6 is 23.1 Å². The third-order valence-corrected chi connectivity index (χ3v) is 5.25. The molecule has 28 heavy (non-hydrogen) atoms. The third-order valence-electron chi connectivity index (χ3n) is 3.39. The number of benzene rings is 1. The minimum atomic E-state index is -5.06. The van der Waals surface area contributed by atoms with Crippen LogP contribution in [0.4, 0.5) is 18.3 Å². The average Bonchev–Trinajstić information content (AvgIpc) is 3.07. The van der Waals surface area contributed by atoms with Gasteiger partial charge < -0.3 is 15.4 Å². The van der Waals surface area contributed by atoms with E-state index in [1.54, 1.807) is 0 Å². The number of halogens is 3. The van der Waals surface area contributed by atoms with Crippen molar-refractivity contribution in [1.82, 2.24) is 15.5 Å². The van der Waals surface area contributed by atoms with Crippen molar-refractivity contribution >= 4 is 40.0 Å². The molecular weight excluding hydrogens is 417 g/mol. The highest BCUT2D eigenvalue weighted by Gasteiger charge is 2.40. The molecule has 1 aromatic heterocycles. The summed E-state index contributed by atoms with van der Waals surface area (Å²) in [5.41, 5.74) is 0.327. The van der Waals surface area contributed by atoms with Crippen molar-refractivity contribution in [2.75, 3.05) is 18.2 Å². The second-order valence-electron chi connectivity index (χ2n) is 5.36. The van der Waals surface area contributed by atoms with E-state index in [0.717, 1.165) is 17.1 Å². The van der Waals surface area contributed by atoms with Gasteiger partial charge in [0.15, 0.2) is 4.34 Å². The van der Waals surface area contributed by atoms with Crippen molar-refractivity contribution in [1.29, 1.82) is 0 Å². The molecule has 0 unspecified atom stereocenters. The zero-order valence-corrected chi connectivity index (χ0v) is 16.5. The van der Waals surface area contributed by atoms with Gasteiger partial charge in [0.2, 0.25) is 11.0 Å². The maximum atomic E-state index is 12.7. The van der Waals surface area contributed by atoms with E-state index in [1.807, 2.05) is 12.2 Å². The number of carbonyl (C=O) groups excluding carboxylic acids is 2. The molecule has 1 aromatic carbocycles. The summed E-state index contributed by atoms with van der Waals surface area (Å²) in [5, 5.41) is 12.3. The molecule has 2 aromatic rings. The predicted molar refractivity (Wildman–Crippen MR) is 99.5 cm³/mol. The summed E-state index contributed by atoms with van der Waals surface area (Å²) in [5.74, 6) is -1.46. The number of anilines is 1. The molecule has 0 saturated carbocycles. The number of amides is 2. The molecule has 2 rings (SSSR count). The molecule has 0 radical (unpaired) electrons. The van der Waals surface area contributed by atoms with Crippen LogP contribution in [0.25, 0.3) is 0 Å². The van der Waals surface area contributed by atoms with Crippen LogP contribution in [-0.2, 0) is 9.59 Å². The van der Waals surface area contributed by atoms with Crippen LogP contribution in [0.3, 0.4) is 0 Å². The number of nitrogens with zero attached hydrogens (tertiary/aromatic N) is 2. The number of ether oxygens (including phenoxy) is 1. The fourth-order valence-electron chi connectivity index (χ4n) is 2.13. The number of hydrogen-bond acceptors (Lipinski definition) is 7. The topological polar surface area (TPSA) is 93.2 Å². The Hall–Kier alpha value is -2.34. The van der Waals surface area contributed by atoms with Gasteiger partial charge in [0.05, 0.1) is 19.6 Å². The van der Waals surface area contributed by atoms with Crippen LogP contribution in [0, 0.1) is 0 Å². The number of nitrogens with one attached hydrogen (secondary N) is 2. The van der Waals surface area contributed by atoms with E-state index in [2.05, 4.69) is 15.5 Å². The first-order chi connectivity index (χ1) is 13.2.